The number of fused-ring (bicyclic) bond motifs is 1. The molecule has 0 saturated carbocycles. The minimum absolute atomic E-state index is 0.118. The second-order valence-corrected chi connectivity index (χ2v) is 5.72. The van der Waals surface area contributed by atoms with Crippen molar-refractivity contribution < 1.29 is 4.92 Å². The van der Waals surface area contributed by atoms with Gasteiger partial charge in [-0.1, -0.05) is 12.1 Å². The molecular weight excluding hydrogens is 298 g/mol. The summed E-state index contributed by atoms with van der Waals surface area (Å²) in [5.74, 6) is 0.136. The molecule has 0 radical (unpaired) electrons. The summed E-state index contributed by atoms with van der Waals surface area (Å²) in [5.41, 5.74) is 8.30. The van der Waals surface area contributed by atoms with Crippen molar-refractivity contribution in [3.8, 4) is 0 Å². The fraction of sp³-hybridized carbons (Fsp3) is 0.333. The lowest BCUT2D eigenvalue weighted by Crippen LogP contribution is -2.35. The van der Waals surface area contributed by atoms with Crippen LogP contribution in [0.2, 0.25) is 0 Å². The Kier molecular flexibility index (Phi) is 3.83. The van der Waals surface area contributed by atoms with E-state index < -0.39 is 0 Å². The van der Waals surface area contributed by atoms with Gasteiger partial charge >= 0.3 is 0 Å². The van der Waals surface area contributed by atoms with Gasteiger partial charge in [0.05, 0.1) is 16.2 Å². The number of aryl methyl sites for hydroxylation is 1. The number of nitrogens with zero attached hydrogens (tertiary/aromatic N) is 3. The molecule has 1 aliphatic heterocycles. The standard InChI is InChI=1S/C15H17N5O3/c1-9-2-3-10(6-13(9)20(22)23)7-19-5-4-12-11(8-19)14(21)18-15(16)17-12/h2-3,6H,4-5,7-8H2,1H3,(H3,16,17,18,21). The summed E-state index contributed by atoms with van der Waals surface area (Å²) in [6.07, 6.45) is 0.636. The van der Waals surface area contributed by atoms with Crippen molar-refractivity contribution in [1.29, 1.82) is 0 Å². The van der Waals surface area contributed by atoms with Crippen LogP contribution in [0, 0.1) is 17.0 Å². The number of benzene rings is 1. The molecule has 1 aliphatic rings. The molecular formula is C15H17N5O3. The minimum Gasteiger partial charge on any atom is -0.369 e. The average Bonchev–Trinajstić information content (AvgIpc) is 2.49. The fourth-order valence-electron chi connectivity index (χ4n) is 2.84. The molecule has 8 heteroatoms. The zero-order valence-corrected chi connectivity index (χ0v) is 12.7. The molecule has 0 bridgehead atoms. The summed E-state index contributed by atoms with van der Waals surface area (Å²) < 4.78 is 0. The fourth-order valence-corrected chi connectivity index (χ4v) is 2.84. The number of rotatable bonds is 3. The first kappa shape index (κ1) is 15.2. The lowest BCUT2D eigenvalue weighted by Gasteiger charge is -2.27. The monoisotopic (exact) mass is 315 g/mol. The maximum atomic E-state index is 12.0. The number of H-pyrrole nitrogens is 1. The van der Waals surface area contributed by atoms with Crippen LogP contribution in [0.25, 0.3) is 0 Å². The van der Waals surface area contributed by atoms with Crippen molar-refractivity contribution >= 4 is 11.6 Å². The lowest BCUT2D eigenvalue weighted by molar-refractivity contribution is -0.385. The molecule has 0 unspecified atom stereocenters. The molecule has 1 aromatic carbocycles. The predicted molar refractivity (Wildman–Crippen MR) is 84.9 cm³/mol. The van der Waals surface area contributed by atoms with Crippen LogP contribution in [-0.2, 0) is 19.5 Å². The molecule has 0 aliphatic carbocycles. The molecule has 2 heterocycles. The summed E-state index contributed by atoms with van der Waals surface area (Å²) >= 11 is 0. The Labute approximate surface area is 132 Å². The normalized spacial score (nSPS) is 14.5. The topological polar surface area (TPSA) is 118 Å². The summed E-state index contributed by atoms with van der Waals surface area (Å²) in [6.45, 7) is 3.45. The van der Waals surface area contributed by atoms with Crippen molar-refractivity contribution in [2.75, 3.05) is 12.3 Å². The molecule has 8 nitrogen and oxygen atoms in total. The van der Waals surface area contributed by atoms with Gasteiger partial charge in [0.15, 0.2) is 0 Å². The van der Waals surface area contributed by atoms with E-state index in [-0.39, 0.29) is 22.1 Å². The minimum atomic E-state index is -0.373. The highest BCUT2D eigenvalue weighted by Gasteiger charge is 2.21. The van der Waals surface area contributed by atoms with Gasteiger partial charge in [0, 0.05) is 37.7 Å². The van der Waals surface area contributed by atoms with Crippen molar-refractivity contribution in [2.24, 2.45) is 0 Å². The van der Waals surface area contributed by atoms with Gasteiger partial charge in [0.2, 0.25) is 5.95 Å². The number of hydrogen-bond donors (Lipinski definition) is 2. The molecule has 0 saturated heterocycles. The summed E-state index contributed by atoms with van der Waals surface area (Å²) in [6, 6.07) is 5.22. The molecule has 2 aromatic rings. The first-order valence-electron chi connectivity index (χ1n) is 7.28. The highest BCUT2D eigenvalue weighted by atomic mass is 16.6. The number of nitrogen functional groups attached to an aromatic ring is 1. The SMILES string of the molecule is Cc1ccc(CN2CCc3nc(N)[nH]c(=O)c3C2)cc1[N+](=O)[O-]. The number of nitro groups is 1. The van der Waals surface area contributed by atoms with Crippen molar-refractivity contribution in [1.82, 2.24) is 14.9 Å². The van der Waals surface area contributed by atoms with Gasteiger partial charge in [-0.15, -0.1) is 0 Å². The summed E-state index contributed by atoms with van der Waals surface area (Å²) in [4.78, 5) is 31.4. The van der Waals surface area contributed by atoms with Gasteiger partial charge in [-0.2, -0.15) is 0 Å². The molecule has 3 rings (SSSR count). The van der Waals surface area contributed by atoms with Crippen LogP contribution in [-0.4, -0.2) is 26.3 Å². The second-order valence-electron chi connectivity index (χ2n) is 5.72. The van der Waals surface area contributed by atoms with E-state index in [9.17, 15) is 14.9 Å². The maximum Gasteiger partial charge on any atom is 0.272 e. The smallest absolute Gasteiger partial charge is 0.272 e. The van der Waals surface area contributed by atoms with Crippen LogP contribution >= 0.6 is 0 Å². The van der Waals surface area contributed by atoms with Gasteiger partial charge in [-0.25, -0.2) is 4.98 Å². The number of nitrogens with one attached hydrogen (secondary N) is 1. The van der Waals surface area contributed by atoms with Gasteiger partial charge in [-0.05, 0) is 12.5 Å². The largest absolute Gasteiger partial charge is 0.369 e. The van der Waals surface area contributed by atoms with E-state index in [4.69, 9.17) is 5.73 Å². The van der Waals surface area contributed by atoms with E-state index in [2.05, 4.69) is 14.9 Å². The Morgan fingerprint density at radius 1 is 1.48 bits per heavy atom. The number of nitro benzene ring substituents is 1. The number of aromatic nitrogens is 2. The third-order valence-corrected chi connectivity index (χ3v) is 4.04. The van der Waals surface area contributed by atoms with E-state index in [1.165, 1.54) is 0 Å². The summed E-state index contributed by atoms with van der Waals surface area (Å²) in [7, 11) is 0. The number of nitrogens with two attached hydrogens (primary N) is 1. The van der Waals surface area contributed by atoms with Crippen LogP contribution in [0.3, 0.4) is 0 Å². The van der Waals surface area contributed by atoms with Crippen LogP contribution in [0.5, 0.6) is 0 Å². The molecule has 0 fully saturated rings. The number of hydrogen-bond acceptors (Lipinski definition) is 6. The molecule has 1 aromatic heterocycles. The van der Waals surface area contributed by atoms with Crippen LogP contribution in [0.4, 0.5) is 11.6 Å². The summed E-state index contributed by atoms with van der Waals surface area (Å²) in [5, 5.41) is 11.0. The number of aromatic amines is 1. The van der Waals surface area contributed by atoms with Crippen molar-refractivity contribution in [2.45, 2.75) is 26.4 Å². The van der Waals surface area contributed by atoms with Crippen molar-refractivity contribution in [3.63, 3.8) is 0 Å². The second kappa shape index (κ2) is 5.81. The third-order valence-electron chi connectivity index (χ3n) is 4.04. The quantitative estimate of drug-likeness (QED) is 0.647. The van der Waals surface area contributed by atoms with E-state index in [1.54, 1.807) is 19.1 Å². The molecule has 0 amide bonds. The zero-order chi connectivity index (χ0) is 16.6. The Balaban J connectivity index is 1.81. The highest BCUT2D eigenvalue weighted by molar-refractivity contribution is 5.42. The van der Waals surface area contributed by atoms with E-state index >= 15 is 0 Å². The van der Waals surface area contributed by atoms with E-state index in [0.717, 1.165) is 17.8 Å². The van der Waals surface area contributed by atoms with Gasteiger partial charge in [0.25, 0.3) is 11.2 Å². The number of anilines is 1. The highest BCUT2D eigenvalue weighted by Crippen LogP contribution is 2.22. The molecule has 3 N–H and O–H groups in total. The Bertz CT molecular complexity index is 830. The Hall–Kier alpha value is -2.74. The van der Waals surface area contributed by atoms with Crippen LogP contribution in [0.1, 0.15) is 22.4 Å². The zero-order valence-electron chi connectivity index (χ0n) is 12.7. The van der Waals surface area contributed by atoms with Crippen LogP contribution < -0.4 is 11.3 Å². The van der Waals surface area contributed by atoms with Gasteiger partial charge in [-0.3, -0.25) is 24.8 Å². The third kappa shape index (κ3) is 3.07. The average molecular weight is 315 g/mol. The predicted octanol–water partition coefficient (Wildman–Crippen LogP) is 1.13. The maximum absolute atomic E-state index is 12.0. The van der Waals surface area contributed by atoms with E-state index in [1.807, 2.05) is 6.07 Å². The van der Waals surface area contributed by atoms with E-state index in [0.29, 0.717) is 30.6 Å². The molecule has 23 heavy (non-hydrogen) atoms. The van der Waals surface area contributed by atoms with Gasteiger partial charge < -0.3 is 5.73 Å². The van der Waals surface area contributed by atoms with Gasteiger partial charge in [0.1, 0.15) is 0 Å². The Morgan fingerprint density at radius 2 is 2.26 bits per heavy atom. The first-order valence-corrected chi connectivity index (χ1v) is 7.28. The first-order chi connectivity index (χ1) is 10.9. The molecule has 120 valence electrons. The van der Waals surface area contributed by atoms with Crippen LogP contribution in [0.15, 0.2) is 23.0 Å². The van der Waals surface area contributed by atoms with Crippen molar-refractivity contribution in [3.05, 3.63) is 61.1 Å². The Morgan fingerprint density at radius 3 is 3.00 bits per heavy atom. The molecule has 0 atom stereocenters. The molecule has 0 spiro atoms. The lowest BCUT2D eigenvalue weighted by atomic mass is 10.1.